The van der Waals surface area contributed by atoms with E-state index in [0.29, 0.717) is 27.9 Å². The minimum absolute atomic E-state index is 0.119. The summed E-state index contributed by atoms with van der Waals surface area (Å²) in [5.74, 6) is -1.33. The molecule has 3 aromatic rings. The number of carbonyl (C=O) groups is 2. The predicted octanol–water partition coefficient (Wildman–Crippen LogP) is 6.24. The molecule has 0 aromatic heterocycles. The van der Waals surface area contributed by atoms with Crippen LogP contribution in [0.2, 0.25) is 0 Å². The van der Waals surface area contributed by atoms with Crippen LogP contribution in [0.5, 0.6) is 0 Å². The summed E-state index contributed by atoms with van der Waals surface area (Å²) in [5.41, 5.74) is 2.55. The Bertz CT molecular complexity index is 1220. The highest BCUT2D eigenvalue weighted by Gasteiger charge is 2.30. The first-order chi connectivity index (χ1) is 16.7. The normalized spacial score (nSPS) is 14.0. The molecule has 0 spiro atoms. The Balaban J connectivity index is 1.64. The fourth-order valence-corrected chi connectivity index (χ4v) is 4.33. The zero-order chi connectivity index (χ0) is 25.0. The summed E-state index contributed by atoms with van der Waals surface area (Å²) in [4.78, 5) is 26.7. The fraction of sp³-hybridized carbons (Fsp3) is 0.259. The zero-order valence-electron chi connectivity index (χ0n) is 18.9. The number of rotatable bonds is 6. The molecule has 1 aliphatic heterocycles. The summed E-state index contributed by atoms with van der Waals surface area (Å²) in [7, 11) is 0. The number of carboxylic acids is 1. The van der Waals surface area contributed by atoms with Gasteiger partial charge in [0.05, 0.1) is 23.4 Å². The summed E-state index contributed by atoms with van der Waals surface area (Å²) in [5, 5.41) is 12.1. The number of halogens is 3. The number of hydrogen-bond acceptors (Lipinski definition) is 3. The van der Waals surface area contributed by atoms with Gasteiger partial charge in [0.1, 0.15) is 0 Å². The van der Waals surface area contributed by atoms with E-state index in [1.54, 1.807) is 42.5 Å². The maximum Gasteiger partial charge on any atom is 0.416 e. The molecule has 8 heteroatoms. The molecule has 182 valence electrons. The van der Waals surface area contributed by atoms with Crippen LogP contribution in [0.3, 0.4) is 0 Å². The first-order valence-electron chi connectivity index (χ1n) is 11.4. The van der Waals surface area contributed by atoms with Crippen LogP contribution < -0.4 is 10.2 Å². The molecule has 1 amide bonds. The van der Waals surface area contributed by atoms with Gasteiger partial charge < -0.3 is 15.3 Å². The Kier molecular flexibility index (Phi) is 7.10. The van der Waals surface area contributed by atoms with Crippen LogP contribution in [0.1, 0.15) is 40.7 Å². The third-order valence-electron chi connectivity index (χ3n) is 6.06. The van der Waals surface area contributed by atoms with Crippen LogP contribution in [-0.4, -0.2) is 30.1 Å². The molecule has 0 bridgehead atoms. The van der Waals surface area contributed by atoms with Gasteiger partial charge in [-0.1, -0.05) is 36.4 Å². The van der Waals surface area contributed by atoms with Crippen LogP contribution in [-0.2, 0) is 17.4 Å². The van der Waals surface area contributed by atoms with E-state index in [9.17, 15) is 27.9 Å². The predicted molar refractivity (Wildman–Crippen MR) is 129 cm³/mol. The third kappa shape index (κ3) is 5.82. The zero-order valence-corrected chi connectivity index (χ0v) is 18.9. The number of piperidine rings is 1. The summed E-state index contributed by atoms with van der Waals surface area (Å²) in [6.45, 7) is 1.61. The molecule has 4 rings (SSSR count). The highest BCUT2D eigenvalue weighted by molar-refractivity contribution is 6.10. The van der Waals surface area contributed by atoms with Crippen molar-refractivity contribution < 1.29 is 27.9 Å². The lowest BCUT2D eigenvalue weighted by atomic mass is 9.98. The monoisotopic (exact) mass is 482 g/mol. The van der Waals surface area contributed by atoms with E-state index in [2.05, 4.69) is 10.2 Å². The van der Waals surface area contributed by atoms with Crippen molar-refractivity contribution in [3.8, 4) is 11.1 Å². The van der Waals surface area contributed by atoms with Gasteiger partial charge in [-0.15, -0.1) is 0 Å². The molecule has 1 heterocycles. The second-order valence-electron chi connectivity index (χ2n) is 8.54. The Labute approximate surface area is 201 Å². The largest absolute Gasteiger partial charge is 0.481 e. The molecular weight excluding hydrogens is 457 g/mol. The highest BCUT2D eigenvalue weighted by atomic mass is 19.4. The van der Waals surface area contributed by atoms with Gasteiger partial charge in [-0.05, 0) is 66.3 Å². The van der Waals surface area contributed by atoms with Crippen LogP contribution in [0.15, 0.2) is 66.7 Å². The second-order valence-corrected chi connectivity index (χ2v) is 8.54. The average molecular weight is 483 g/mol. The number of aliphatic carboxylic acids is 1. The number of hydrogen-bond donors (Lipinski definition) is 2. The number of alkyl halides is 3. The van der Waals surface area contributed by atoms with Crippen LogP contribution in [0.25, 0.3) is 11.1 Å². The molecule has 35 heavy (non-hydrogen) atoms. The second kappa shape index (κ2) is 10.2. The standard InChI is InChI=1S/C27H25F3N2O3/c28-27(29,30)20-11-9-19(10-12-20)21-6-2-3-7-22(21)26(35)31-23-13-8-18(17-25(33)34)16-24(23)32-14-4-1-5-15-32/h2-3,6-13,16H,1,4-5,14-15,17H2,(H,31,35)(H,33,34). The van der Waals surface area contributed by atoms with Crippen molar-refractivity contribution in [2.24, 2.45) is 0 Å². The number of carboxylic acid groups (broad SMARTS) is 1. The summed E-state index contributed by atoms with van der Waals surface area (Å²) < 4.78 is 38.9. The quantitative estimate of drug-likeness (QED) is 0.436. The Hall–Kier alpha value is -3.81. The topological polar surface area (TPSA) is 69.6 Å². The van der Waals surface area contributed by atoms with Crippen molar-refractivity contribution in [1.29, 1.82) is 0 Å². The minimum Gasteiger partial charge on any atom is -0.481 e. The minimum atomic E-state index is -4.44. The van der Waals surface area contributed by atoms with Gasteiger partial charge in [-0.3, -0.25) is 9.59 Å². The molecule has 0 atom stereocenters. The van der Waals surface area contributed by atoms with E-state index in [-0.39, 0.29) is 6.42 Å². The average Bonchev–Trinajstić information content (AvgIpc) is 2.84. The SMILES string of the molecule is O=C(O)Cc1ccc(NC(=O)c2ccccc2-c2ccc(C(F)(F)F)cc2)c(N2CCCCC2)c1. The molecular formula is C27H25F3N2O3. The van der Waals surface area contributed by atoms with E-state index in [4.69, 9.17) is 0 Å². The lowest BCUT2D eigenvalue weighted by molar-refractivity contribution is -0.138. The van der Waals surface area contributed by atoms with E-state index < -0.39 is 23.6 Å². The maximum absolute atomic E-state index is 13.3. The molecule has 0 aliphatic carbocycles. The number of anilines is 2. The van der Waals surface area contributed by atoms with E-state index in [0.717, 1.165) is 50.2 Å². The van der Waals surface area contributed by atoms with Crippen molar-refractivity contribution in [1.82, 2.24) is 0 Å². The number of amides is 1. The van der Waals surface area contributed by atoms with Crippen molar-refractivity contribution in [3.05, 3.63) is 83.4 Å². The molecule has 1 aliphatic rings. The number of nitrogens with one attached hydrogen (secondary N) is 1. The van der Waals surface area contributed by atoms with Gasteiger partial charge in [0.25, 0.3) is 5.91 Å². The molecule has 0 radical (unpaired) electrons. The Morgan fingerprint density at radius 1 is 0.914 bits per heavy atom. The Morgan fingerprint density at radius 2 is 1.60 bits per heavy atom. The summed E-state index contributed by atoms with van der Waals surface area (Å²) in [6, 6.07) is 16.6. The molecule has 1 saturated heterocycles. The van der Waals surface area contributed by atoms with Crippen molar-refractivity contribution >= 4 is 23.3 Å². The third-order valence-corrected chi connectivity index (χ3v) is 6.06. The summed E-state index contributed by atoms with van der Waals surface area (Å²) in [6.07, 6.45) is -1.42. The van der Waals surface area contributed by atoms with E-state index in [1.165, 1.54) is 12.1 Å². The molecule has 2 N–H and O–H groups in total. The van der Waals surface area contributed by atoms with Crippen molar-refractivity contribution in [2.45, 2.75) is 31.9 Å². The molecule has 3 aromatic carbocycles. The van der Waals surface area contributed by atoms with Gasteiger partial charge in [0.15, 0.2) is 0 Å². The lowest BCUT2D eigenvalue weighted by Crippen LogP contribution is -2.30. The number of nitrogens with zero attached hydrogens (tertiary/aromatic N) is 1. The van der Waals surface area contributed by atoms with Crippen molar-refractivity contribution in [3.63, 3.8) is 0 Å². The van der Waals surface area contributed by atoms with Gasteiger partial charge in [-0.25, -0.2) is 0 Å². The smallest absolute Gasteiger partial charge is 0.416 e. The van der Waals surface area contributed by atoms with Gasteiger partial charge in [0, 0.05) is 18.7 Å². The van der Waals surface area contributed by atoms with E-state index >= 15 is 0 Å². The van der Waals surface area contributed by atoms with Gasteiger partial charge in [0.2, 0.25) is 0 Å². The molecule has 0 saturated carbocycles. The van der Waals surface area contributed by atoms with Crippen molar-refractivity contribution in [2.75, 3.05) is 23.3 Å². The van der Waals surface area contributed by atoms with Crippen LogP contribution in [0, 0.1) is 0 Å². The molecule has 1 fully saturated rings. The van der Waals surface area contributed by atoms with E-state index in [1.807, 2.05) is 0 Å². The number of benzene rings is 3. The lowest BCUT2D eigenvalue weighted by Gasteiger charge is -2.31. The number of carbonyl (C=O) groups excluding carboxylic acids is 1. The highest BCUT2D eigenvalue weighted by Crippen LogP contribution is 2.33. The first kappa shape index (κ1) is 24.3. The van der Waals surface area contributed by atoms with Gasteiger partial charge in [-0.2, -0.15) is 13.2 Å². The van der Waals surface area contributed by atoms with Crippen LogP contribution >= 0.6 is 0 Å². The van der Waals surface area contributed by atoms with Crippen LogP contribution in [0.4, 0.5) is 24.5 Å². The fourth-order valence-electron chi connectivity index (χ4n) is 4.33. The molecule has 5 nitrogen and oxygen atoms in total. The Morgan fingerprint density at radius 3 is 2.26 bits per heavy atom. The van der Waals surface area contributed by atoms with Gasteiger partial charge >= 0.3 is 12.1 Å². The molecule has 0 unspecified atom stereocenters. The first-order valence-corrected chi connectivity index (χ1v) is 11.4. The summed E-state index contributed by atoms with van der Waals surface area (Å²) >= 11 is 0. The maximum atomic E-state index is 13.3.